The molecule has 0 spiro atoms. The summed E-state index contributed by atoms with van der Waals surface area (Å²) in [5.74, 6) is 0.912. The third-order valence-corrected chi connectivity index (χ3v) is 4.23. The number of rotatable bonds is 3. The van der Waals surface area contributed by atoms with Crippen molar-refractivity contribution in [3.63, 3.8) is 0 Å². The van der Waals surface area contributed by atoms with Crippen molar-refractivity contribution in [2.45, 2.75) is 51.0 Å². The van der Waals surface area contributed by atoms with Gasteiger partial charge >= 0.3 is 0 Å². The molecular formula is C14H19N3S. The summed E-state index contributed by atoms with van der Waals surface area (Å²) in [5.41, 5.74) is 9.32. The number of fused-ring (bicyclic) bond motifs is 1. The van der Waals surface area contributed by atoms with E-state index < -0.39 is 0 Å². The van der Waals surface area contributed by atoms with Crippen molar-refractivity contribution in [2.24, 2.45) is 5.73 Å². The third kappa shape index (κ3) is 2.21. The van der Waals surface area contributed by atoms with Crippen molar-refractivity contribution < 1.29 is 0 Å². The highest BCUT2D eigenvalue weighted by atomic mass is 32.1. The number of aromatic nitrogens is 1. The lowest BCUT2D eigenvalue weighted by atomic mass is 10.1. The minimum absolute atomic E-state index is 0.456. The van der Waals surface area contributed by atoms with Crippen molar-refractivity contribution in [3.8, 4) is 0 Å². The molecule has 4 heteroatoms. The molecular weight excluding hydrogens is 242 g/mol. The van der Waals surface area contributed by atoms with Gasteiger partial charge in [-0.15, -0.1) is 0 Å². The zero-order chi connectivity index (χ0) is 12.5. The van der Waals surface area contributed by atoms with Gasteiger partial charge in [0, 0.05) is 11.7 Å². The van der Waals surface area contributed by atoms with Gasteiger partial charge in [-0.3, -0.25) is 0 Å². The molecule has 0 radical (unpaired) electrons. The summed E-state index contributed by atoms with van der Waals surface area (Å²) in [6, 6.07) is 2.69. The van der Waals surface area contributed by atoms with Crippen molar-refractivity contribution in [1.29, 1.82) is 0 Å². The van der Waals surface area contributed by atoms with Crippen LogP contribution in [-0.4, -0.2) is 16.0 Å². The molecule has 1 saturated carbocycles. The molecule has 3 nitrogen and oxygen atoms in total. The Balaban J connectivity index is 1.92. The minimum atomic E-state index is 0.456. The SMILES string of the molecule is NC(=S)c1cc2c(nc1NC1CCCC1)CCC2. The zero-order valence-electron chi connectivity index (χ0n) is 10.5. The van der Waals surface area contributed by atoms with E-state index in [1.807, 2.05) is 0 Å². The second kappa shape index (κ2) is 4.84. The van der Waals surface area contributed by atoms with Crippen LogP contribution in [0.4, 0.5) is 5.82 Å². The van der Waals surface area contributed by atoms with E-state index in [1.165, 1.54) is 43.4 Å². The number of aryl methyl sites for hydroxylation is 2. The quantitative estimate of drug-likeness (QED) is 0.821. The van der Waals surface area contributed by atoms with E-state index in [4.69, 9.17) is 22.9 Å². The number of pyridine rings is 1. The molecule has 3 rings (SSSR count). The van der Waals surface area contributed by atoms with Gasteiger partial charge in [0.2, 0.25) is 0 Å². The van der Waals surface area contributed by atoms with Gasteiger partial charge in [0.05, 0.1) is 5.56 Å². The molecule has 3 N–H and O–H groups in total. The summed E-state index contributed by atoms with van der Waals surface area (Å²) in [4.78, 5) is 5.22. The van der Waals surface area contributed by atoms with Gasteiger partial charge in [-0.25, -0.2) is 4.98 Å². The highest BCUT2D eigenvalue weighted by Crippen LogP contribution is 2.28. The van der Waals surface area contributed by atoms with Gasteiger partial charge in [-0.05, 0) is 43.7 Å². The number of hydrogen-bond acceptors (Lipinski definition) is 3. The Labute approximate surface area is 113 Å². The van der Waals surface area contributed by atoms with Gasteiger partial charge in [-0.2, -0.15) is 0 Å². The van der Waals surface area contributed by atoms with Crippen molar-refractivity contribution in [2.75, 3.05) is 5.32 Å². The van der Waals surface area contributed by atoms with Crippen molar-refractivity contribution >= 4 is 23.0 Å². The van der Waals surface area contributed by atoms with Crippen LogP contribution in [0.15, 0.2) is 6.07 Å². The largest absolute Gasteiger partial charge is 0.389 e. The van der Waals surface area contributed by atoms with Gasteiger partial charge in [-0.1, -0.05) is 25.1 Å². The normalized spacial score (nSPS) is 18.9. The summed E-state index contributed by atoms with van der Waals surface area (Å²) in [5, 5.41) is 3.54. The maximum atomic E-state index is 5.83. The monoisotopic (exact) mass is 261 g/mol. The Hall–Kier alpha value is -1.16. The first kappa shape index (κ1) is 11.9. The smallest absolute Gasteiger partial charge is 0.136 e. The van der Waals surface area contributed by atoms with E-state index in [0.717, 1.165) is 24.2 Å². The summed E-state index contributed by atoms with van der Waals surface area (Å²) >= 11 is 5.16. The fraction of sp³-hybridized carbons (Fsp3) is 0.571. The summed E-state index contributed by atoms with van der Waals surface area (Å²) in [6.45, 7) is 0. The molecule has 0 unspecified atom stereocenters. The van der Waals surface area contributed by atoms with E-state index in [9.17, 15) is 0 Å². The van der Waals surface area contributed by atoms with Gasteiger partial charge in [0.25, 0.3) is 0 Å². The lowest BCUT2D eigenvalue weighted by Crippen LogP contribution is -2.21. The molecule has 1 heterocycles. The Morgan fingerprint density at radius 2 is 2.06 bits per heavy atom. The molecule has 0 aromatic carbocycles. The Morgan fingerprint density at radius 1 is 1.28 bits per heavy atom. The molecule has 2 aliphatic carbocycles. The summed E-state index contributed by atoms with van der Waals surface area (Å²) in [7, 11) is 0. The lowest BCUT2D eigenvalue weighted by Gasteiger charge is -2.17. The molecule has 1 fully saturated rings. The maximum absolute atomic E-state index is 5.83. The Kier molecular flexibility index (Phi) is 3.20. The van der Waals surface area contributed by atoms with Crippen LogP contribution in [0.2, 0.25) is 0 Å². The topological polar surface area (TPSA) is 50.9 Å². The van der Waals surface area contributed by atoms with Crippen LogP contribution < -0.4 is 11.1 Å². The fourth-order valence-corrected chi connectivity index (χ4v) is 3.19. The molecule has 0 saturated heterocycles. The molecule has 18 heavy (non-hydrogen) atoms. The molecule has 0 atom stereocenters. The number of nitrogens with zero attached hydrogens (tertiary/aromatic N) is 1. The van der Waals surface area contributed by atoms with E-state index >= 15 is 0 Å². The van der Waals surface area contributed by atoms with E-state index in [2.05, 4.69) is 11.4 Å². The number of thiocarbonyl (C=S) groups is 1. The third-order valence-electron chi connectivity index (χ3n) is 4.01. The second-order valence-corrected chi connectivity index (χ2v) is 5.77. The van der Waals surface area contributed by atoms with Gasteiger partial charge in [0.1, 0.15) is 10.8 Å². The fourth-order valence-electron chi connectivity index (χ4n) is 3.03. The van der Waals surface area contributed by atoms with E-state index in [1.54, 1.807) is 0 Å². The predicted molar refractivity (Wildman–Crippen MR) is 78.0 cm³/mol. The van der Waals surface area contributed by atoms with Gasteiger partial charge in [0.15, 0.2) is 0 Å². The first-order chi connectivity index (χ1) is 8.74. The van der Waals surface area contributed by atoms with E-state index in [-0.39, 0.29) is 0 Å². The molecule has 1 aromatic rings. The lowest BCUT2D eigenvalue weighted by molar-refractivity contribution is 0.749. The van der Waals surface area contributed by atoms with Crippen LogP contribution in [0.25, 0.3) is 0 Å². The molecule has 0 bridgehead atoms. The molecule has 1 aromatic heterocycles. The van der Waals surface area contributed by atoms with Crippen LogP contribution in [0.5, 0.6) is 0 Å². The molecule has 0 amide bonds. The number of nitrogens with one attached hydrogen (secondary N) is 1. The minimum Gasteiger partial charge on any atom is -0.389 e. The first-order valence-electron chi connectivity index (χ1n) is 6.83. The molecule has 2 aliphatic rings. The number of nitrogens with two attached hydrogens (primary N) is 1. The Bertz CT molecular complexity index is 478. The summed E-state index contributed by atoms with van der Waals surface area (Å²) in [6.07, 6.45) is 8.49. The Morgan fingerprint density at radius 3 is 2.78 bits per heavy atom. The van der Waals surface area contributed by atoms with E-state index in [0.29, 0.717) is 11.0 Å². The van der Waals surface area contributed by atoms with Crippen molar-refractivity contribution in [1.82, 2.24) is 4.98 Å². The van der Waals surface area contributed by atoms with Crippen LogP contribution >= 0.6 is 12.2 Å². The first-order valence-corrected chi connectivity index (χ1v) is 7.24. The zero-order valence-corrected chi connectivity index (χ0v) is 11.4. The van der Waals surface area contributed by atoms with Crippen molar-refractivity contribution in [3.05, 3.63) is 22.9 Å². The molecule has 0 aliphatic heterocycles. The predicted octanol–water partition coefficient (Wildman–Crippen LogP) is 2.56. The maximum Gasteiger partial charge on any atom is 0.136 e. The molecule has 96 valence electrons. The van der Waals surface area contributed by atoms with Gasteiger partial charge < -0.3 is 11.1 Å². The van der Waals surface area contributed by atoms with Crippen LogP contribution in [0, 0.1) is 0 Å². The highest BCUT2D eigenvalue weighted by molar-refractivity contribution is 7.80. The standard InChI is InChI=1S/C14H19N3S/c15-13(18)11-8-9-4-3-7-12(9)17-14(11)16-10-5-1-2-6-10/h8,10H,1-7H2,(H2,15,18)(H,16,17). The van der Waals surface area contributed by atoms with Crippen LogP contribution in [-0.2, 0) is 12.8 Å². The van der Waals surface area contributed by atoms with Crippen LogP contribution in [0.3, 0.4) is 0 Å². The number of hydrogen-bond donors (Lipinski definition) is 2. The highest BCUT2D eigenvalue weighted by Gasteiger charge is 2.21. The van der Waals surface area contributed by atoms with Crippen LogP contribution in [0.1, 0.15) is 48.9 Å². The second-order valence-electron chi connectivity index (χ2n) is 5.33. The average Bonchev–Trinajstić information content (AvgIpc) is 2.97. The average molecular weight is 261 g/mol. The summed E-state index contributed by atoms with van der Waals surface area (Å²) < 4.78 is 0. The number of anilines is 1.